The summed E-state index contributed by atoms with van der Waals surface area (Å²) >= 11 is 9.28. The molecule has 1 saturated heterocycles. The molecule has 2 aromatic rings. The van der Waals surface area contributed by atoms with Gasteiger partial charge in [-0.25, -0.2) is 4.79 Å². The lowest BCUT2D eigenvalue weighted by Gasteiger charge is -2.19. The number of ether oxygens (including phenoxy) is 1. The lowest BCUT2D eigenvalue weighted by molar-refractivity contribution is -0.123. The number of amides is 3. The number of esters is 1. The molecule has 1 heterocycles. The van der Waals surface area contributed by atoms with E-state index in [1.807, 2.05) is 0 Å². The zero-order valence-electron chi connectivity index (χ0n) is 17.4. The van der Waals surface area contributed by atoms with Gasteiger partial charge >= 0.3 is 5.97 Å². The molecule has 0 aromatic heterocycles. The van der Waals surface area contributed by atoms with Crippen LogP contribution in [0.4, 0.5) is 11.4 Å². The van der Waals surface area contributed by atoms with Gasteiger partial charge in [-0.1, -0.05) is 17.7 Å². The van der Waals surface area contributed by atoms with E-state index in [1.165, 1.54) is 17.0 Å². The quantitative estimate of drug-likeness (QED) is 0.455. The number of hydrogen-bond donors (Lipinski definition) is 1. The Kier molecular flexibility index (Phi) is 5.74. The van der Waals surface area contributed by atoms with Crippen LogP contribution >= 0.6 is 27.5 Å². The van der Waals surface area contributed by atoms with Gasteiger partial charge in [0.05, 0.1) is 28.1 Å². The monoisotopic (exact) mass is 530 g/mol. The molecule has 9 heteroatoms. The maximum absolute atomic E-state index is 13.0. The predicted octanol–water partition coefficient (Wildman–Crippen LogP) is 4.43. The van der Waals surface area contributed by atoms with E-state index in [2.05, 4.69) is 21.2 Å². The first-order valence-electron chi connectivity index (χ1n) is 10.7. The second-order valence-electron chi connectivity index (χ2n) is 8.70. The topological polar surface area (TPSA) is 92.8 Å². The minimum absolute atomic E-state index is 0.160. The number of benzene rings is 2. The highest BCUT2D eigenvalue weighted by Gasteiger charge is 2.61. The van der Waals surface area contributed by atoms with Gasteiger partial charge in [0.1, 0.15) is 0 Å². The molecule has 2 aromatic carbocycles. The summed E-state index contributed by atoms with van der Waals surface area (Å²) in [5, 5.41) is 3.04. The van der Waals surface area contributed by atoms with Gasteiger partial charge in [0, 0.05) is 10.2 Å². The molecule has 3 aliphatic rings. The Labute approximate surface area is 203 Å². The maximum atomic E-state index is 13.0. The number of fused-ring (bicyclic) bond motifs is 5. The van der Waals surface area contributed by atoms with Crippen LogP contribution in [0.5, 0.6) is 0 Å². The molecule has 0 radical (unpaired) electrons. The fourth-order valence-electron chi connectivity index (χ4n) is 5.42. The molecule has 7 nitrogen and oxygen atoms in total. The van der Waals surface area contributed by atoms with Crippen molar-refractivity contribution < 1.29 is 23.9 Å². The minimum atomic E-state index is -0.722. The van der Waals surface area contributed by atoms with E-state index in [-0.39, 0.29) is 41.0 Å². The molecule has 2 aliphatic carbocycles. The fraction of sp³-hybridized carbons (Fsp3) is 0.333. The second kappa shape index (κ2) is 8.57. The third kappa shape index (κ3) is 3.95. The lowest BCUT2D eigenvalue weighted by atomic mass is 9.81. The highest BCUT2D eigenvalue weighted by Crippen LogP contribution is 2.56. The molecule has 0 unspecified atom stereocenters. The molecule has 2 saturated carbocycles. The Morgan fingerprint density at radius 3 is 2.42 bits per heavy atom. The van der Waals surface area contributed by atoms with Crippen molar-refractivity contribution in [1.82, 2.24) is 0 Å². The summed E-state index contributed by atoms with van der Waals surface area (Å²) in [4.78, 5) is 51.9. The van der Waals surface area contributed by atoms with Gasteiger partial charge in [-0.15, -0.1) is 0 Å². The van der Waals surface area contributed by atoms with Crippen LogP contribution in [0.1, 0.15) is 29.6 Å². The van der Waals surface area contributed by atoms with Gasteiger partial charge in [0.2, 0.25) is 11.8 Å². The van der Waals surface area contributed by atoms with Crippen LogP contribution in [-0.2, 0) is 19.1 Å². The summed E-state index contributed by atoms with van der Waals surface area (Å²) in [5.41, 5.74) is 0.992. The van der Waals surface area contributed by atoms with Gasteiger partial charge in [0.15, 0.2) is 6.61 Å². The highest BCUT2D eigenvalue weighted by molar-refractivity contribution is 9.10. The second-order valence-corrected chi connectivity index (χ2v) is 9.96. The summed E-state index contributed by atoms with van der Waals surface area (Å²) < 4.78 is 5.82. The summed E-state index contributed by atoms with van der Waals surface area (Å²) in [6.45, 7) is -0.494. The summed E-state index contributed by atoms with van der Waals surface area (Å²) in [6.07, 6.45) is 2.96. The van der Waals surface area contributed by atoms with Gasteiger partial charge in [0.25, 0.3) is 5.91 Å². The number of imide groups is 1. The number of carbonyl (C=O) groups excluding carboxylic acids is 4. The Morgan fingerprint density at radius 1 is 1.06 bits per heavy atom. The van der Waals surface area contributed by atoms with Crippen LogP contribution in [0.3, 0.4) is 0 Å². The Hall–Kier alpha value is -2.71. The average Bonchev–Trinajstić information content (AvgIpc) is 3.48. The van der Waals surface area contributed by atoms with Crippen LogP contribution in [0.2, 0.25) is 5.02 Å². The Bertz CT molecular complexity index is 1160. The summed E-state index contributed by atoms with van der Waals surface area (Å²) in [7, 11) is 0. The lowest BCUT2D eigenvalue weighted by Crippen LogP contribution is -2.32. The van der Waals surface area contributed by atoms with E-state index >= 15 is 0 Å². The molecular formula is C24H20BrClN2O5. The third-order valence-electron chi connectivity index (χ3n) is 6.81. The Morgan fingerprint density at radius 2 is 1.76 bits per heavy atom. The zero-order chi connectivity index (χ0) is 23.3. The Balaban J connectivity index is 1.24. The number of anilines is 2. The number of hydrogen-bond acceptors (Lipinski definition) is 5. The number of halogens is 2. The van der Waals surface area contributed by atoms with Gasteiger partial charge < -0.3 is 10.1 Å². The van der Waals surface area contributed by atoms with Crippen molar-refractivity contribution >= 4 is 62.6 Å². The van der Waals surface area contributed by atoms with Crippen molar-refractivity contribution in [2.24, 2.45) is 23.7 Å². The fourth-order valence-corrected chi connectivity index (χ4v) is 5.85. The van der Waals surface area contributed by atoms with Crippen molar-refractivity contribution in [3.8, 4) is 0 Å². The van der Waals surface area contributed by atoms with Crippen LogP contribution in [0, 0.1) is 23.7 Å². The largest absolute Gasteiger partial charge is 0.452 e. The van der Waals surface area contributed by atoms with Crippen molar-refractivity contribution in [2.45, 2.75) is 19.3 Å². The third-order valence-corrected chi connectivity index (χ3v) is 8.04. The molecule has 3 amide bonds. The SMILES string of the molecule is O=C(COC(=O)c1cccc(N2C(=O)[C@H]3[C@H]4CC[C@@H](C4)[C@@H]3C2=O)c1)Nc1ccc(Br)c(Cl)c1. The van der Waals surface area contributed by atoms with Crippen LogP contribution < -0.4 is 10.2 Å². The molecule has 170 valence electrons. The number of rotatable bonds is 5. The smallest absolute Gasteiger partial charge is 0.338 e. The molecule has 4 atom stereocenters. The highest BCUT2D eigenvalue weighted by atomic mass is 79.9. The zero-order valence-corrected chi connectivity index (χ0v) is 19.8. The molecule has 33 heavy (non-hydrogen) atoms. The van der Waals surface area contributed by atoms with E-state index < -0.39 is 18.5 Å². The maximum Gasteiger partial charge on any atom is 0.338 e. The first-order chi connectivity index (χ1) is 15.8. The standard InChI is InChI=1S/C24H20BrClN2O5/c25-17-7-6-15(10-18(17)26)27-19(29)11-33-24(32)14-2-1-3-16(9-14)28-22(30)20-12-4-5-13(8-12)21(20)23(28)31/h1-3,6-7,9-10,12-13,20-21H,4-5,8,11H2,(H,27,29)/t12-,13-,20-,21-/m0/s1. The molecular weight excluding hydrogens is 512 g/mol. The van der Waals surface area contributed by atoms with E-state index in [4.69, 9.17) is 16.3 Å². The van der Waals surface area contributed by atoms with Crippen molar-refractivity contribution in [3.05, 3.63) is 57.5 Å². The molecule has 0 spiro atoms. The first kappa shape index (κ1) is 22.1. The van der Waals surface area contributed by atoms with Crippen LogP contribution in [-0.4, -0.2) is 30.3 Å². The van der Waals surface area contributed by atoms with E-state index in [1.54, 1.807) is 30.3 Å². The van der Waals surface area contributed by atoms with Crippen LogP contribution in [0.25, 0.3) is 0 Å². The molecule has 1 N–H and O–H groups in total. The van der Waals surface area contributed by atoms with Crippen molar-refractivity contribution in [3.63, 3.8) is 0 Å². The van der Waals surface area contributed by atoms with Crippen LogP contribution in [0.15, 0.2) is 46.9 Å². The molecule has 5 rings (SSSR count). The number of carbonyl (C=O) groups is 4. The van der Waals surface area contributed by atoms with Gasteiger partial charge in [-0.05, 0) is 83.4 Å². The van der Waals surface area contributed by atoms with Crippen molar-refractivity contribution in [1.29, 1.82) is 0 Å². The summed E-state index contributed by atoms with van der Waals surface area (Å²) in [6, 6.07) is 11.1. The van der Waals surface area contributed by atoms with Gasteiger partial charge in [-0.2, -0.15) is 0 Å². The van der Waals surface area contributed by atoms with Crippen molar-refractivity contribution in [2.75, 3.05) is 16.8 Å². The molecule has 1 aliphatic heterocycles. The van der Waals surface area contributed by atoms with E-state index in [0.717, 1.165) is 19.3 Å². The summed E-state index contributed by atoms with van der Waals surface area (Å²) in [5.74, 6) is -1.48. The van der Waals surface area contributed by atoms with E-state index in [9.17, 15) is 19.2 Å². The number of nitrogens with zero attached hydrogens (tertiary/aromatic N) is 1. The van der Waals surface area contributed by atoms with Gasteiger partial charge in [-0.3, -0.25) is 19.3 Å². The predicted molar refractivity (Wildman–Crippen MR) is 125 cm³/mol. The normalized spacial score (nSPS) is 25.3. The average molecular weight is 532 g/mol. The first-order valence-corrected chi connectivity index (χ1v) is 11.9. The molecule has 3 fully saturated rings. The number of nitrogens with one attached hydrogen (secondary N) is 1. The molecule has 2 bridgehead atoms. The minimum Gasteiger partial charge on any atom is -0.452 e. The van der Waals surface area contributed by atoms with E-state index in [0.29, 0.717) is 20.9 Å².